The standard InChI is InChI=1S/C27H25F6N4O3P/c1-26(2)13-37(19-10-8-15(20(29)21(19)30)16-6-5-11-34-23(16)41(3,4)40)24(38)22(26)36-25(39)35-18-9-7-14(12-17(18)28)27(31,32)33/h5-12,22H,13H2,1-4H3,(H2,35,36,39)/t22-/m0/s1. The van der Waals surface area contributed by atoms with Gasteiger partial charge in [0.25, 0.3) is 0 Å². The first kappa shape index (κ1) is 30.1. The molecule has 1 atom stereocenters. The molecule has 14 heteroatoms. The number of carbonyl (C=O) groups excluding carboxylic acids is 2. The molecule has 0 saturated carbocycles. The highest BCUT2D eigenvalue weighted by atomic mass is 31.2. The van der Waals surface area contributed by atoms with E-state index in [1.807, 2.05) is 0 Å². The number of hydrogen-bond donors (Lipinski definition) is 2. The molecule has 41 heavy (non-hydrogen) atoms. The Kier molecular flexibility index (Phi) is 7.72. The van der Waals surface area contributed by atoms with Crippen LogP contribution in [0, 0.1) is 22.9 Å². The van der Waals surface area contributed by atoms with Gasteiger partial charge in [0.15, 0.2) is 11.6 Å². The van der Waals surface area contributed by atoms with Gasteiger partial charge in [-0.25, -0.2) is 18.0 Å². The molecule has 3 aromatic rings. The summed E-state index contributed by atoms with van der Waals surface area (Å²) in [5.41, 5.74) is -3.17. The third-order valence-corrected chi connectivity index (χ3v) is 8.00. The van der Waals surface area contributed by atoms with Crippen LogP contribution in [0.25, 0.3) is 11.1 Å². The highest BCUT2D eigenvalue weighted by Crippen LogP contribution is 2.41. The molecule has 1 aromatic heterocycles. The predicted octanol–water partition coefficient (Wildman–Crippen LogP) is 6.00. The first-order chi connectivity index (χ1) is 18.9. The fraction of sp³-hybridized carbons (Fsp3) is 0.296. The second-order valence-electron chi connectivity index (χ2n) is 10.6. The van der Waals surface area contributed by atoms with Crippen molar-refractivity contribution in [2.75, 3.05) is 30.1 Å². The number of halogens is 6. The van der Waals surface area contributed by atoms with Crippen molar-refractivity contribution >= 4 is 35.9 Å². The van der Waals surface area contributed by atoms with E-state index in [4.69, 9.17) is 0 Å². The maximum atomic E-state index is 15.4. The summed E-state index contributed by atoms with van der Waals surface area (Å²) in [6, 6.07) is 4.54. The first-order valence-corrected chi connectivity index (χ1v) is 14.8. The molecule has 0 radical (unpaired) electrons. The summed E-state index contributed by atoms with van der Waals surface area (Å²) in [5.74, 6) is -4.77. The molecule has 2 heterocycles. The van der Waals surface area contributed by atoms with Crippen LogP contribution in [0.1, 0.15) is 19.4 Å². The first-order valence-electron chi connectivity index (χ1n) is 12.2. The van der Waals surface area contributed by atoms with Gasteiger partial charge >= 0.3 is 12.2 Å². The lowest BCUT2D eigenvalue weighted by Gasteiger charge is -2.24. The van der Waals surface area contributed by atoms with Gasteiger partial charge in [-0.05, 0) is 49.7 Å². The third kappa shape index (κ3) is 5.95. The number of hydrogen-bond acceptors (Lipinski definition) is 4. The van der Waals surface area contributed by atoms with Gasteiger partial charge in [-0.2, -0.15) is 13.2 Å². The largest absolute Gasteiger partial charge is 0.416 e. The van der Waals surface area contributed by atoms with Crippen LogP contribution >= 0.6 is 7.14 Å². The van der Waals surface area contributed by atoms with Crippen molar-refractivity contribution in [2.45, 2.75) is 26.1 Å². The Morgan fingerprint density at radius 3 is 2.34 bits per heavy atom. The van der Waals surface area contributed by atoms with Crippen LogP contribution in [0.5, 0.6) is 0 Å². The number of urea groups is 1. The van der Waals surface area contributed by atoms with Crippen molar-refractivity contribution in [1.82, 2.24) is 10.3 Å². The molecule has 7 nitrogen and oxygen atoms in total. The van der Waals surface area contributed by atoms with E-state index >= 15 is 8.78 Å². The lowest BCUT2D eigenvalue weighted by Crippen LogP contribution is -2.48. The Labute approximate surface area is 231 Å². The van der Waals surface area contributed by atoms with Crippen molar-refractivity contribution in [3.63, 3.8) is 0 Å². The third-order valence-electron chi connectivity index (χ3n) is 6.62. The smallest absolute Gasteiger partial charge is 0.325 e. The Morgan fingerprint density at radius 2 is 1.73 bits per heavy atom. The topological polar surface area (TPSA) is 91.4 Å². The molecule has 0 spiro atoms. The number of nitrogens with one attached hydrogen (secondary N) is 2. The van der Waals surface area contributed by atoms with Gasteiger partial charge in [-0.1, -0.05) is 19.9 Å². The van der Waals surface area contributed by atoms with Crippen molar-refractivity contribution in [3.8, 4) is 11.1 Å². The Hall–Kier alpha value is -3.86. The summed E-state index contributed by atoms with van der Waals surface area (Å²) in [7, 11) is -2.96. The molecule has 2 aromatic carbocycles. The number of anilines is 2. The number of nitrogens with zero attached hydrogens (tertiary/aromatic N) is 2. The van der Waals surface area contributed by atoms with E-state index in [-0.39, 0.29) is 29.2 Å². The van der Waals surface area contributed by atoms with E-state index in [1.165, 1.54) is 43.8 Å². The Balaban J connectivity index is 1.58. The number of rotatable bonds is 5. The van der Waals surface area contributed by atoms with Crippen LogP contribution in [0.4, 0.5) is 42.5 Å². The van der Waals surface area contributed by atoms with Crippen molar-refractivity contribution < 1.29 is 40.5 Å². The van der Waals surface area contributed by atoms with Gasteiger partial charge in [-0.15, -0.1) is 0 Å². The number of pyridine rings is 1. The van der Waals surface area contributed by atoms with Crippen LogP contribution < -0.4 is 21.0 Å². The highest BCUT2D eigenvalue weighted by molar-refractivity contribution is 7.70. The zero-order valence-corrected chi connectivity index (χ0v) is 23.1. The molecule has 0 unspecified atom stereocenters. The Bertz CT molecular complexity index is 1590. The van der Waals surface area contributed by atoms with Crippen LogP contribution in [0.2, 0.25) is 0 Å². The molecule has 1 aliphatic rings. The quantitative estimate of drug-likeness (QED) is 0.279. The number of alkyl halides is 3. The SMILES string of the molecule is CC1(C)CN(c2ccc(-c3cccnc3P(C)(C)=O)c(F)c2F)C(=O)[C@@H]1NC(=O)Nc1ccc(C(F)(F)F)cc1F. The number of carbonyl (C=O) groups is 2. The summed E-state index contributed by atoms with van der Waals surface area (Å²) in [5, 5.41) is 4.42. The number of amides is 3. The molecule has 1 aliphatic heterocycles. The van der Waals surface area contributed by atoms with Crippen LogP contribution in [0.15, 0.2) is 48.7 Å². The average molecular weight is 598 g/mol. The number of aromatic nitrogens is 1. The molecule has 1 fully saturated rings. The molecule has 2 N–H and O–H groups in total. The summed E-state index contributed by atoms with van der Waals surface area (Å²) in [4.78, 5) is 30.9. The minimum Gasteiger partial charge on any atom is -0.325 e. The van der Waals surface area contributed by atoms with Crippen LogP contribution in [-0.2, 0) is 15.5 Å². The maximum Gasteiger partial charge on any atom is 0.416 e. The Morgan fingerprint density at radius 1 is 1.05 bits per heavy atom. The van der Waals surface area contributed by atoms with Crippen LogP contribution in [0.3, 0.4) is 0 Å². The van der Waals surface area contributed by atoms with Gasteiger partial charge in [0, 0.05) is 29.3 Å². The fourth-order valence-electron chi connectivity index (χ4n) is 4.60. The molecule has 3 amide bonds. The van der Waals surface area contributed by atoms with Crippen molar-refractivity contribution in [2.24, 2.45) is 5.41 Å². The monoisotopic (exact) mass is 598 g/mol. The fourth-order valence-corrected chi connectivity index (χ4v) is 5.72. The zero-order valence-electron chi connectivity index (χ0n) is 22.2. The average Bonchev–Trinajstić information content (AvgIpc) is 3.09. The second-order valence-corrected chi connectivity index (χ2v) is 13.7. The van der Waals surface area contributed by atoms with Gasteiger partial charge in [0.2, 0.25) is 5.91 Å². The van der Waals surface area contributed by atoms with E-state index in [2.05, 4.69) is 15.6 Å². The van der Waals surface area contributed by atoms with Crippen LogP contribution in [-0.4, -0.2) is 42.8 Å². The molecule has 0 aliphatic carbocycles. The van der Waals surface area contributed by atoms with Gasteiger partial charge < -0.3 is 20.1 Å². The molecule has 218 valence electrons. The molecule has 1 saturated heterocycles. The lowest BCUT2D eigenvalue weighted by atomic mass is 9.87. The van der Waals surface area contributed by atoms with Gasteiger partial charge in [0.05, 0.1) is 16.9 Å². The van der Waals surface area contributed by atoms with Crippen molar-refractivity contribution in [1.29, 1.82) is 0 Å². The summed E-state index contributed by atoms with van der Waals surface area (Å²) in [6.07, 6.45) is -3.39. The molecular weight excluding hydrogens is 573 g/mol. The molecular formula is C27H25F6N4O3P. The zero-order chi connectivity index (χ0) is 30.5. The number of benzene rings is 2. The summed E-state index contributed by atoms with van der Waals surface area (Å²) in [6.45, 7) is 5.92. The van der Waals surface area contributed by atoms with E-state index in [0.29, 0.717) is 6.07 Å². The van der Waals surface area contributed by atoms with E-state index in [1.54, 1.807) is 13.8 Å². The highest BCUT2D eigenvalue weighted by Gasteiger charge is 2.48. The summed E-state index contributed by atoms with van der Waals surface area (Å²) >= 11 is 0. The van der Waals surface area contributed by atoms with Gasteiger partial charge in [-0.3, -0.25) is 9.78 Å². The van der Waals surface area contributed by atoms with E-state index < -0.39 is 71.1 Å². The second kappa shape index (κ2) is 10.5. The van der Waals surface area contributed by atoms with Gasteiger partial charge in [0.1, 0.15) is 24.4 Å². The normalized spacial score (nSPS) is 17.1. The minimum absolute atomic E-state index is 0.115. The lowest BCUT2D eigenvalue weighted by molar-refractivity contribution is -0.137. The maximum absolute atomic E-state index is 15.4. The summed E-state index contributed by atoms with van der Waals surface area (Å²) < 4.78 is 96.0. The van der Waals surface area contributed by atoms with E-state index in [9.17, 15) is 31.7 Å². The van der Waals surface area contributed by atoms with E-state index in [0.717, 1.165) is 11.0 Å². The molecule has 4 rings (SSSR count). The minimum atomic E-state index is -4.79. The molecule has 0 bridgehead atoms. The predicted molar refractivity (Wildman–Crippen MR) is 142 cm³/mol. The van der Waals surface area contributed by atoms with Crippen molar-refractivity contribution in [3.05, 3.63) is 71.7 Å².